The summed E-state index contributed by atoms with van der Waals surface area (Å²) in [7, 11) is 0. The number of rotatable bonds is 4. The molecule has 2 aliphatic rings. The van der Waals surface area contributed by atoms with Crippen molar-refractivity contribution < 1.29 is 9.47 Å². The zero-order valence-corrected chi connectivity index (χ0v) is 12.9. The quantitative estimate of drug-likeness (QED) is 0.922. The minimum absolute atomic E-state index is 0.418. The van der Waals surface area contributed by atoms with Crippen LogP contribution in [0.4, 0.5) is 0 Å². The maximum absolute atomic E-state index is 5.72. The lowest BCUT2D eigenvalue weighted by Gasteiger charge is -2.31. The Morgan fingerprint density at radius 2 is 2.10 bits per heavy atom. The molecule has 0 spiro atoms. The third-order valence-electron chi connectivity index (χ3n) is 3.94. The van der Waals surface area contributed by atoms with E-state index in [1.165, 1.54) is 30.6 Å². The van der Waals surface area contributed by atoms with E-state index in [2.05, 4.69) is 42.2 Å². The summed E-state index contributed by atoms with van der Waals surface area (Å²) in [6, 6.07) is 6.83. The van der Waals surface area contributed by atoms with E-state index in [-0.39, 0.29) is 0 Å². The van der Waals surface area contributed by atoms with Gasteiger partial charge in [-0.15, -0.1) is 0 Å². The molecule has 2 atom stereocenters. The lowest BCUT2D eigenvalue weighted by Crippen LogP contribution is -2.32. The predicted octanol–water partition coefficient (Wildman–Crippen LogP) is 3.39. The van der Waals surface area contributed by atoms with Crippen molar-refractivity contribution in [2.75, 3.05) is 25.5 Å². The second-order valence-corrected chi connectivity index (χ2v) is 6.69. The number of thioether (sulfide) groups is 1. The van der Waals surface area contributed by atoms with E-state index in [1.54, 1.807) is 0 Å². The van der Waals surface area contributed by atoms with Gasteiger partial charge in [0, 0.05) is 11.3 Å². The number of benzene rings is 1. The minimum Gasteiger partial charge on any atom is -0.486 e. The second kappa shape index (κ2) is 6.72. The fourth-order valence-corrected chi connectivity index (χ4v) is 4.42. The van der Waals surface area contributed by atoms with Gasteiger partial charge in [0.15, 0.2) is 11.5 Å². The van der Waals surface area contributed by atoms with Crippen LogP contribution in [0, 0.1) is 0 Å². The van der Waals surface area contributed by atoms with Crippen LogP contribution in [-0.2, 0) is 0 Å². The molecule has 0 bridgehead atoms. The van der Waals surface area contributed by atoms with Crippen LogP contribution >= 0.6 is 11.8 Å². The van der Waals surface area contributed by atoms with Gasteiger partial charge >= 0.3 is 0 Å². The summed E-state index contributed by atoms with van der Waals surface area (Å²) in [5.74, 6) is 3.07. The smallest absolute Gasteiger partial charge is 0.161 e. The van der Waals surface area contributed by atoms with Crippen LogP contribution in [0.15, 0.2) is 18.2 Å². The Balaban J connectivity index is 1.82. The minimum atomic E-state index is 0.418. The largest absolute Gasteiger partial charge is 0.486 e. The fraction of sp³-hybridized carbons (Fsp3) is 0.625. The van der Waals surface area contributed by atoms with Crippen LogP contribution in [0.25, 0.3) is 0 Å². The molecule has 1 N–H and O–H groups in total. The van der Waals surface area contributed by atoms with Gasteiger partial charge in [0.05, 0.1) is 0 Å². The highest BCUT2D eigenvalue weighted by Gasteiger charge is 2.26. The van der Waals surface area contributed by atoms with Crippen molar-refractivity contribution in [3.8, 4) is 11.5 Å². The molecule has 0 aromatic heterocycles. The van der Waals surface area contributed by atoms with Crippen LogP contribution in [-0.4, -0.2) is 30.8 Å². The van der Waals surface area contributed by atoms with Crippen LogP contribution in [0.5, 0.6) is 11.5 Å². The van der Waals surface area contributed by atoms with E-state index >= 15 is 0 Å². The van der Waals surface area contributed by atoms with Gasteiger partial charge < -0.3 is 14.8 Å². The van der Waals surface area contributed by atoms with Crippen molar-refractivity contribution in [1.82, 2.24) is 5.32 Å². The van der Waals surface area contributed by atoms with Crippen LogP contribution in [0.1, 0.15) is 37.8 Å². The fourth-order valence-electron chi connectivity index (χ4n) is 2.97. The molecule has 20 heavy (non-hydrogen) atoms. The molecule has 110 valence electrons. The Labute approximate surface area is 125 Å². The van der Waals surface area contributed by atoms with E-state index in [0.29, 0.717) is 24.5 Å². The summed E-state index contributed by atoms with van der Waals surface area (Å²) in [5.41, 5.74) is 1.33. The topological polar surface area (TPSA) is 30.5 Å². The molecule has 1 aromatic carbocycles. The van der Waals surface area contributed by atoms with Crippen LogP contribution < -0.4 is 14.8 Å². The van der Waals surface area contributed by atoms with Gasteiger partial charge in [-0.2, -0.15) is 11.8 Å². The molecule has 0 aliphatic carbocycles. The highest BCUT2D eigenvalue weighted by molar-refractivity contribution is 8.00. The standard InChI is InChI=1S/C16H23NO2S/c1-2-17-16(15-5-3-4-10-20-15)12-6-7-13-14(11-12)19-9-8-18-13/h6-7,11,15-17H,2-5,8-10H2,1H3. The Kier molecular flexibility index (Phi) is 4.73. The monoisotopic (exact) mass is 293 g/mol. The van der Waals surface area contributed by atoms with Gasteiger partial charge in [-0.05, 0) is 42.8 Å². The molecule has 1 saturated heterocycles. The predicted molar refractivity (Wildman–Crippen MR) is 83.9 cm³/mol. The average molecular weight is 293 g/mol. The highest BCUT2D eigenvalue weighted by atomic mass is 32.2. The zero-order valence-electron chi connectivity index (χ0n) is 12.1. The average Bonchev–Trinajstić information content (AvgIpc) is 2.53. The molecular weight excluding hydrogens is 270 g/mol. The molecule has 0 saturated carbocycles. The van der Waals surface area contributed by atoms with Crippen molar-refractivity contribution in [2.24, 2.45) is 0 Å². The van der Waals surface area contributed by atoms with Gasteiger partial charge in [-0.3, -0.25) is 0 Å². The third-order valence-corrected chi connectivity index (χ3v) is 5.40. The number of ether oxygens (including phenoxy) is 2. The highest BCUT2D eigenvalue weighted by Crippen LogP contribution is 2.38. The first kappa shape index (κ1) is 14.1. The summed E-state index contributed by atoms with van der Waals surface area (Å²) >= 11 is 2.11. The lowest BCUT2D eigenvalue weighted by molar-refractivity contribution is 0.171. The molecule has 4 heteroatoms. The summed E-state index contributed by atoms with van der Waals surface area (Å²) in [6.07, 6.45) is 4.02. The normalized spacial score (nSPS) is 23.4. The first-order chi connectivity index (χ1) is 9.88. The van der Waals surface area contributed by atoms with Crippen molar-refractivity contribution >= 4 is 11.8 Å². The maximum Gasteiger partial charge on any atom is 0.161 e. The van der Waals surface area contributed by atoms with Gasteiger partial charge in [0.1, 0.15) is 13.2 Å². The van der Waals surface area contributed by atoms with E-state index in [0.717, 1.165) is 18.0 Å². The number of nitrogens with one attached hydrogen (secondary N) is 1. The Hall–Kier alpha value is -0.870. The number of fused-ring (bicyclic) bond motifs is 1. The van der Waals surface area contributed by atoms with Gasteiger partial charge in [-0.25, -0.2) is 0 Å². The van der Waals surface area contributed by atoms with E-state index in [1.807, 2.05) is 0 Å². The molecule has 3 rings (SSSR count). The first-order valence-electron chi connectivity index (χ1n) is 7.63. The summed E-state index contributed by atoms with van der Waals surface area (Å²) in [4.78, 5) is 0. The molecule has 2 heterocycles. The Bertz CT molecular complexity index is 446. The summed E-state index contributed by atoms with van der Waals surface area (Å²) < 4.78 is 11.3. The molecule has 2 unspecified atom stereocenters. The second-order valence-electron chi connectivity index (χ2n) is 5.34. The first-order valence-corrected chi connectivity index (χ1v) is 8.68. The Morgan fingerprint density at radius 3 is 2.85 bits per heavy atom. The molecular formula is C16H23NO2S. The van der Waals surface area contributed by atoms with Gasteiger partial charge in [-0.1, -0.05) is 19.4 Å². The SMILES string of the molecule is CCNC(c1ccc2c(c1)OCCO2)C1CCCCS1. The van der Waals surface area contributed by atoms with E-state index < -0.39 is 0 Å². The number of hydrogen-bond donors (Lipinski definition) is 1. The summed E-state index contributed by atoms with van der Waals surface area (Å²) in [6.45, 7) is 4.48. The van der Waals surface area contributed by atoms with Gasteiger partial charge in [0.25, 0.3) is 0 Å². The molecule has 0 amide bonds. The molecule has 1 aromatic rings. The maximum atomic E-state index is 5.72. The van der Waals surface area contributed by atoms with Crippen LogP contribution in [0.3, 0.4) is 0 Å². The molecule has 1 fully saturated rings. The van der Waals surface area contributed by atoms with Crippen molar-refractivity contribution in [1.29, 1.82) is 0 Å². The van der Waals surface area contributed by atoms with Crippen molar-refractivity contribution in [2.45, 2.75) is 37.5 Å². The summed E-state index contributed by atoms with van der Waals surface area (Å²) in [5, 5.41) is 4.33. The van der Waals surface area contributed by atoms with Crippen molar-refractivity contribution in [3.63, 3.8) is 0 Å². The van der Waals surface area contributed by atoms with E-state index in [9.17, 15) is 0 Å². The molecule has 0 radical (unpaired) electrons. The molecule has 3 nitrogen and oxygen atoms in total. The zero-order chi connectivity index (χ0) is 13.8. The Morgan fingerprint density at radius 1 is 1.25 bits per heavy atom. The lowest BCUT2D eigenvalue weighted by atomic mass is 9.98. The third kappa shape index (κ3) is 3.07. The van der Waals surface area contributed by atoms with Crippen molar-refractivity contribution in [3.05, 3.63) is 23.8 Å². The number of hydrogen-bond acceptors (Lipinski definition) is 4. The van der Waals surface area contributed by atoms with Crippen LogP contribution in [0.2, 0.25) is 0 Å². The van der Waals surface area contributed by atoms with E-state index in [4.69, 9.17) is 9.47 Å². The molecule has 2 aliphatic heterocycles. The van der Waals surface area contributed by atoms with Gasteiger partial charge in [0.2, 0.25) is 0 Å².